The number of hydrogen-bond donors (Lipinski definition) is 0. The fourth-order valence-corrected chi connectivity index (χ4v) is 3.80. The third-order valence-electron chi connectivity index (χ3n) is 5.14. The predicted octanol–water partition coefficient (Wildman–Crippen LogP) is 5.24. The lowest BCUT2D eigenvalue weighted by atomic mass is 9.99. The topological polar surface area (TPSA) is 29.9 Å². The first-order valence-corrected chi connectivity index (χ1v) is 8.80. The van der Waals surface area contributed by atoms with Gasteiger partial charge in [0.2, 0.25) is 5.69 Å². The van der Waals surface area contributed by atoms with Crippen LogP contribution in [0.1, 0.15) is 11.1 Å². The average molecular weight is 339 g/mol. The standard InChI is InChI=1S/C23H19N2O/c1-14-12-20(25(3)24-13-14)21-15(2)8-10-19-18-11-9-16-6-4-5-7-17(16)22(18)26-23(19)21/h4-13H,1-3H3/q+1. The quantitative estimate of drug-likeness (QED) is 0.391. The van der Waals surface area contributed by atoms with Crippen LogP contribution in [0.4, 0.5) is 0 Å². The normalized spacial score (nSPS) is 11.7. The summed E-state index contributed by atoms with van der Waals surface area (Å²) in [7, 11) is 1.98. The lowest BCUT2D eigenvalue weighted by Crippen LogP contribution is -2.35. The fraction of sp³-hybridized carbons (Fsp3) is 0.130. The van der Waals surface area contributed by atoms with Crippen molar-refractivity contribution in [1.82, 2.24) is 5.10 Å². The van der Waals surface area contributed by atoms with E-state index in [0.29, 0.717) is 0 Å². The highest BCUT2D eigenvalue weighted by atomic mass is 16.3. The van der Waals surface area contributed by atoms with Crippen LogP contribution in [-0.4, -0.2) is 5.10 Å². The lowest BCUT2D eigenvalue weighted by molar-refractivity contribution is -0.720. The first kappa shape index (κ1) is 15.1. The highest BCUT2D eigenvalue weighted by Gasteiger charge is 2.22. The summed E-state index contributed by atoms with van der Waals surface area (Å²) < 4.78 is 8.40. The Hall–Kier alpha value is -3.20. The zero-order valence-corrected chi connectivity index (χ0v) is 15.1. The number of nitrogens with zero attached hydrogens (tertiary/aromatic N) is 2. The van der Waals surface area contributed by atoms with Gasteiger partial charge >= 0.3 is 0 Å². The molecule has 2 heterocycles. The molecule has 0 atom stereocenters. The van der Waals surface area contributed by atoms with E-state index in [9.17, 15) is 0 Å². The molecule has 5 rings (SSSR count). The van der Waals surface area contributed by atoms with E-state index >= 15 is 0 Å². The number of hydrogen-bond acceptors (Lipinski definition) is 2. The Morgan fingerprint density at radius 2 is 1.62 bits per heavy atom. The van der Waals surface area contributed by atoms with E-state index in [0.717, 1.165) is 44.1 Å². The highest BCUT2D eigenvalue weighted by molar-refractivity contribution is 6.17. The summed E-state index contributed by atoms with van der Waals surface area (Å²) in [5.41, 5.74) is 6.38. The lowest BCUT2D eigenvalue weighted by Gasteiger charge is -2.04. The zero-order valence-electron chi connectivity index (χ0n) is 15.1. The largest absolute Gasteiger partial charge is 0.454 e. The highest BCUT2D eigenvalue weighted by Crippen LogP contribution is 2.39. The molecule has 0 bridgehead atoms. The number of benzene rings is 3. The molecule has 0 spiro atoms. The van der Waals surface area contributed by atoms with Crippen molar-refractivity contribution in [2.75, 3.05) is 0 Å². The van der Waals surface area contributed by atoms with Gasteiger partial charge in [-0.25, -0.2) is 0 Å². The Kier molecular flexibility index (Phi) is 3.13. The van der Waals surface area contributed by atoms with Gasteiger partial charge in [0.1, 0.15) is 11.2 Å². The van der Waals surface area contributed by atoms with Crippen LogP contribution in [0.25, 0.3) is 44.0 Å². The number of aromatic nitrogens is 2. The van der Waals surface area contributed by atoms with E-state index in [1.807, 2.05) is 17.9 Å². The summed E-state index contributed by atoms with van der Waals surface area (Å²) in [6, 6.07) is 19.2. The minimum Gasteiger partial charge on any atom is -0.454 e. The molecule has 3 heteroatoms. The smallest absolute Gasteiger partial charge is 0.243 e. The van der Waals surface area contributed by atoms with Crippen LogP contribution in [0.2, 0.25) is 0 Å². The molecule has 3 aromatic carbocycles. The van der Waals surface area contributed by atoms with Crippen molar-refractivity contribution in [2.45, 2.75) is 13.8 Å². The van der Waals surface area contributed by atoms with E-state index in [1.165, 1.54) is 10.9 Å². The second-order valence-electron chi connectivity index (χ2n) is 6.94. The van der Waals surface area contributed by atoms with Crippen LogP contribution >= 0.6 is 0 Å². The van der Waals surface area contributed by atoms with E-state index in [2.05, 4.69) is 73.5 Å². The molecule has 3 nitrogen and oxygen atoms in total. The van der Waals surface area contributed by atoms with Crippen LogP contribution in [0.3, 0.4) is 0 Å². The second-order valence-corrected chi connectivity index (χ2v) is 6.94. The van der Waals surface area contributed by atoms with Gasteiger partial charge in [0.05, 0.1) is 11.8 Å². The van der Waals surface area contributed by atoms with Crippen molar-refractivity contribution >= 4 is 32.7 Å². The van der Waals surface area contributed by atoms with Gasteiger partial charge in [0, 0.05) is 22.2 Å². The number of furan rings is 1. The first-order chi connectivity index (χ1) is 12.6. The predicted molar refractivity (Wildman–Crippen MR) is 105 cm³/mol. The van der Waals surface area contributed by atoms with Crippen molar-refractivity contribution < 1.29 is 9.10 Å². The van der Waals surface area contributed by atoms with Crippen LogP contribution in [0.15, 0.2) is 65.2 Å². The third-order valence-corrected chi connectivity index (χ3v) is 5.14. The van der Waals surface area contributed by atoms with Crippen LogP contribution in [0, 0.1) is 13.8 Å². The van der Waals surface area contributed by atoms with Gasteiger partial charge in [-0.15, -0.1) is 0 Å². The molecule has 5 aromatic rings. The SMILES string of the molecule is Cc1cn[n+](C)c(-c2c(C)ccc3c2oc2c4ccccc4ccc32)c1. The molecule has 0 N–H and O–H groups in total. The summed E-state index contributed by atoms with van der Waals surface area (Å²) in [6.45, 7) is 4.19. The van der Waals surface area contributed by atoms with E-state index in [-0.39, 0.29) is 0 Å². The molecular formula is C23H19N2O+. The Morgan fingerprint density at radius 1 is 0.846 bits per heavy atom. The van der Waals surface area contributed by atoms with Gasteiger partial charge in [0.15, 0.2) is 7.05 Å². The van der Waals surface area contributed by atoms with Gasteiger partial charge in [-0.05, 0) is 41.5 Å². The average Bonchev–Trinajstić information content (AvgIpc) is 3.03. The summed E-state index contributed by atoms with van der Waals surface area (Å²) in [6.07, 6.45) is 1.88. The molecule has 0 fully saturated rings. The molecule has 2 aromatic heterocycles. The second kappa shape index (κ2) is 5.40. The van der Waals surface area contributed by atoms with Gasteiger partial charge in [-0.2, -0.15) is 0 Å². The van der Waals surface area contributed by atoms with Crippen molar-refractivity contribution in [2.24, 2.45) is 7.05 Å². The summed E-state index contributed by atoms with van der Waals surface area (Å²) in [4.78, 5) is 0. The molecule has 0 amide bonds. The minimum absolute atomic E-state index is 0.930. The van der Waals surface area contributed by atoms with Crippen LogP contribution in [-0.2, 0) is 7.05 Å². The van der Waals surface area contributed by atoms with Crippen LogP contribution in [0.5, 0.6) is 0 Å². The molecule has 0 aliphatic heterocycles. The summed E-state index contributed by atoms with van der Waals surface area (Å²) in [5, 5.41) is 9.13. The molecular weight excluding hydrogens is 320 g/mol. The number of fused-ring (bicyclic) bond motifs is 5. The molecule has 0 unspecified atom stereocenters. The maximum absolute atomic E-state index is 6.49. The first-order valence-electron chi connectivity index (χ1n) is 8.80. The molecule has 0 saturated carbocycles. The Balaban J connectivity index is 1.96. The van der Waals surface area contributed by atoms with Crippen molar-refractivity contribution in [3.05, 3.63) is 71.9 Å². The Bertz CT molecular complexity index is 1310. The van der Waals surface area contributed by atoms with Gasteiger partial charge in [0.25, 0.3) is 0 Å². The summed E-state index contributed by atoms with van der Waals surface area (Å²) in [5.74, 6) is 0. The molecule has 0 radical (unpaired) electrons. The molecule has 0 saturated heterocycles. The number of aryl methyl sites for hydroxylation is 3. The van der Waals surface area contributed by atoms with Crippen LogP contribution < -0.4 is 4.68 Å². The monoisotopic (exact) mass is 339 g/mol. The molecule has 0 aliphatic rings. The third kappa shape index (κ3) is 2.07. The minimum atomic E-state index is 0.930. The Morgan fingerprint density at radius 3 is 2.50 bits per heavy atom. The molecule has 26 heavy (non-hydrogen) atoms. The van der Waals surface area contributed by atoms with Gasteiger partial charge in [-0.3, -0.25) is 0 Å². The van der Waals surface area contributed by atoms with Gasteiger partial charge in [-0.1, -0.05) is 47.1 Å². The Labute approximate surface area is 151 Å². The molecule has 0 aliphatic carbocycles. The molecule has 126 valence electrons. The maximum atomic E-state index is 6.49. The fourth-order valence-electron chi connectivity index (χ4n) is 3.80. The van der Waals surface area contributed by atoms with Crippen molar-refractivity contribution in [1.29, 1.82) is 0 Å². The van der Waals surface area contributed by atoms with E-state index < -0.39 is 0 Å². The maximum Gasteiger partial charge on any atom is 0.243 e. The number of rotatable bonds is 1. The summed E-state index contributed by atoms with van der Waals surface area (Å²) >= 11 is 0. The van der Waals surface area contributed by atoms with Crippen molar-refractivity contribution in [3.63, 3.8) is 0 Å². The van der Waals surface area contributed by atoms with Crippen molar-refractivity contribution in [3.8, 4) is 11.3 Å². The van der Waals surface area contributed by atoms with E-state index in [1.54, 1.807) is 0 Å². The van der Waals surface area contributed by atoms with Gasteiger partial charge < -0.3 is 4.42 Å². The zero-order chi connectivity index (χ0) is 17.8. The van der Waals surface area contributed by atoms with E-state index in [4.69, 9.17) is 4.42 Å².